The highest BCUT2D eigenvalue weighted by atomic mass is 35.5. The number of hydrazone groups is 1. The molecule has 0 aliphatic carbocycles. The van der Waals surface area contributed by atoms with Gasteiger partial charge in [0, 0.05) is 10.6 Å². The molecule has 0 saturated carbocycles. The zero-order valence-corrected chi connectivity index (χ0v) is 20.4. The first kappa shape index (κ1) is 25.8. The molecule has 3 rings (SSSR count). The molecule has 7 nitrogen and oxygen atoms in total. The van der Waals surface area contributed by atoms with Crippen LogP contribution in [0.3, 0.4) is 0 Å². The molecule has 0 aromatic heterocycles. The summed E-state index contributed by atoms with van der Waals surface area (Å²) in [6.45, 7) is 4.95. The fraction of sp³-hybridized carbons (Fsp3) is 0.222. The highest BCUT2D eigenvalue weighted by Crippen LogP contribution is 2.29. The molecular formula is C27H27ClN2O5. The van der Waals surface area contributed by atoms with Crippen LogP contribution in [0.5, 0.6) is 17.2 Å². The Kier molecular flexibility index (Phi) is 9.69. The maximum atomic E-state index is 12.4. The first-order valence-electron chi connectivity index (χ1n) is 11.3. The third-order valence-electron chi connectivity index (χ3n) is 4.81. The second-order valence-corrected chi connectivity index (χ2v) is 7.90. The van der Waals surface area contributed by atoms with Gasteiger partial charge in [0.15, 0.2) is 11.5 Å². The van der Waals surface area contributed by atoms with Crippen molar-refractivity contribution in [3.05, 3.63) is 88.4 Å². The summed E-state index contributed by atoms with van der Waals surface area (Å²) in [5.41, 5.74) is 3.98. The maximum absolute atomic E-state index is 12.4. The first-order valence-corrected chi connectivity index (χ1v) is 11.7. The van der Waals surface area contributed by atoms with Crippen molar-refractivity contribution in [2.24, 2.45) is 5.10 Å². The van der Waals surface area contributed by atoms with Crippen molar-refractivity contribution >= 4 is 29.7 Å². The van der Waals surface area contributed by atoms with Gasteiger partial charge in [-0.25, -0.2) is 10.2 Å². The topological polar surface area (TPSA) is 86.2 Å². The van der Waals surface area contributed by atoms with Gasteiger partial charge < -0.3 is 14.2 Å². The number of ether oxygens (including phenoxy) is 3. The fourth-order valence-electron chi connectivity index (χ4n) is 2.97. The van der Waals surface area contributed by atoms with Gasteiger partial charge in [0.05, 0.1) is 25.0 Å². The molecule has 0 heterocycles. The molecule has 8 heteroatoms. The predicted molar refractivity (Wildman–Crippen MR) is 136 cm³/mol. The van der Waals surface area contributed by atoms with Gasteiger partial charge >= 0.3 is 5.97 Å². The molecule has 1 N–H and O–H groups in total. The van der Waals surface area contributed by atoms with E-state index in [2.05, 4.69) is 17.5 Å². The number of unbranched alkanes of at least 4 members (excludes halogenated alkanes) is 1. The lowest BCUT2D eigenvalue weighted by atomic mass is 10.2. The highest BCUT2D eigenvalue weighted by molar-refractivity contribution is 6.30. The van der Waals surface area contributed by atoms with Gasteiger partial charge in [0.1, 0.15) is 5.75 Å². The number of rotatable bonds is 11. The van der Waals surface area contributed by atoms with Crippen molar-refractivity contribution < 1.29 is 23.8 Å². The Hall–Kier alpha value is -3.84. The Labute approximate surface area is 209 Å². The summed E-state index contributed by atoms with van der Waals surface area (Å²) in [5, 5.41) is 4.55. The van der Waals surface area contributed by atoms with E-state index in [0.29, 0.717) is 40.7 Å². The number of amides is 1. The van der Waals surface area contributed by atoms with E-state index in [4.69, 9.17) is 25.8 Å². The molecule has 3 aromatic rings. The largest absolute Gasteiger partial charge is 0.494 e. The Morgan fingerprint density at radius 1 is 0.914 bits per heavy atom. The number of nitrogens with one attached hydrogen (secondary N) is 1. The van der Waals surface area contributed by atoms with Crippen molar-refractivity contribution in [2.45, 2.75) is 26.7 Å². The van der Waals surface area contributed by atoms with Gasteiger partial charge in [0.2, 0.25) is 0 Å². The third-order valence-corrected chi connectivity index (χ3v) is 5.07. The summed E-state index contributed by atoms with van der Waals surface area (Å²) >= 11 is 5.87. The van der Waals surface area contributed by atoms with Crippen LogP contribution in [-0.4, -0.2) is 31.3 Å². The molecule has 0 saturated heterocycles. The second kappa shape index (κ2) is 13.2. The molecular weight excluding hydrogens is 468 g/mol. The molecule has 0 unspecified atom stereocenters. The summed E-state index contributed by atoms with van der Waals surface area (Å²) < 4.78 is 16.7. The summed E-state index contributed by atoms with van der Waals surface area (Å²) in [5.74, 6) is 0.495. The van der Waals surface area contributed by atoms with Crippen LogP contribution in [0.2, 0.25) is 5.02 Å². The van der Waals surface area contributed by atoms with Crippen LogP contribution in [0.15, 0.2) is 71.8 Å². The van der Waals surface area contributed by atoms with E-state index in [-0.39, 0.29) is 11.7 Å². The third kappa shape index (κ3) is 7.86. The molecule has 0 bridgehead atoms. The number of hydrogen-bond donors (Lipinski definition) is 1. The molecule has 0 aliphatic rings. The van der Waals surface area contributed by atoms with E-state index in [1.165, 1.54) is 6.21 Å². The van der Waals surface area contributed by atoms with E-state index in [1.807, 2.05) is 6.92 Å². The quantitative estimate of drug-likeness (QED) is 0.118. The molecule has 0 radical (unpaired) electrons. The average molecular weight is 495 g/mol. The Balaban J connectivity index is 1.61. The zero-order chi connectivity index (χ0) is 25.0. The van der Waals surface area contributed by atoms with Crippen LogP contribution in [0.25, 0.3) is 0 Å². The van der Waals surface area contributed by atoms with E-state index >= 15 is 0 Å². The van der Waals surface area contributed by atoms with Crippen LogP contribution in [-0.2, 0) is 0 Å². The van der Waals surface area contributed by atoms with Crippen LogP contribution in [0.1, 0.15) is 53.0 Å². The van der Waals surface area contributed by atoms with Crippen LogP contribution >= 0.6 is 11.6 Å². The lowest BCUT2D eigenvalue weighted by molar-refractivity contribution is 0.0728. The number of esters is 1. The summed E-state index contributed by atoms with van der Waals surface area (Å²) in [7, 11) is 0. The van der Waals surface area contributed by atoms with Crippen molar-refractivity contribution in [1.82, 2.24) is 5.43 Å². The predicted octanol–water partition coefficient (Wildman–Crippen LogP) is 5.90. The molecule has 3 aromatic carbocycles. The Morgan fingerprint density at radius 3 is 2.31 bits per heavy atom. The minimum Gasteiger partial charge on any atom is -0.494 e. The number of benzene rings is 3. The lowest BCUT2D eigenvalue weighted by Gasteiger charge is -2.11. The zero-order valence-electron chi connectivity index (χ0n) is 19.6. The van der Waals surface area contributed by atoms with E-state index in [9.17, 15) is 9.59 Å². The number of nitrogens with zero attached hydrogens (tertiary/aromatic N) is 1. The van der Waals surface area contributed by atoms with Gasteiger partial charge in [-0.3, -0.25) is 4.79 Å². The fourth-order valence-corrected chi connectivity index (χ4v) is 3.10. The molecule has 1 amide bonds. The average Bonchev–Trinajstić information content (AvgIpc) is 2.86. The van der Waals surface area contributed by atoms with Crippen molar-refractivity contribution in [1.29, 1.82) is 0 Å². The number of halogens is 1. The number of hydrogen-bond acceptors (Lipinski definition) is 6. The van der Waals surface area contributed by atoms with E-state index in [1.54, 1.807) is 66.7 Å². The smallest absolute Gasteiger partial charge is 0.343 e. The second-order valence-electron chi connectivity index (χ2n) is 7.46. The van der Waals surface area contributed by atoms with Gasteiger partial charge in [-0.1, -0.05) is 24.9 Å². The van der Waals surface area contributed by atoms with Crippen molar-refractivity contribution in [3.8, 4) is 17.2 Å². The van der Waals surface area contributed by atoms with Crippen molar-refractivity contribution in [3.63, 3.8) is 0 Å². The summed E-state index contributed by atoms with van der Waals surface area (Å²) in [4.78, 5) is 24.8. The Morgan fingerprint density at radius 2 is 1.63 bits per heavy atom. The lowest BCUT2D eigenvalue weighted by Crippen LogP contribution is -2.17. The minimum absolute atomic E-state index is 0.272. The molecule has 35 heavy (non-hydrogen) atoms. The minimum atomic E-state index is -0.530. The SMILES string of the molecule is CCCCOc1ccc(C(=O)NN=Cc2ccc(OC(=O)c3ccc(Cl)cc3)c(OCC)c2)cc1. The Bertz CT molecular complexity index is 1160. The maximum Gasteiger partial charge on any atom is 0.343 e. The number of carbonyl (C=O) groups excluding carboxylic acids is 2. The van der Waals surface area contributed by atoms with Crippen LogP contribution in [0, 0.1) is 0 Å². The van der Waals surface area contributed by atoms with Gasteiger partial charge in [-0.05, 0) is 85.6 Å². The monoisotopic (exact) mass is 494 g/mol. The van der Waals surface area contributed by atoms with Gasteiger partial charge in [-0.15, -0.1) is 0 Å². The van der Waals surface area contributed by atoms with E-state index in [0.717, 1.165) is 18.6 Å². The molecule has 182 valence electrons. The summed E-state index contributed by atoms with van der Waals surface area (Å²) in [6, 6.07) is 18.3. The van der Waals surface area contributed by atoms with Crippen LogP contribution in [0.4, 0.5) is 0 Å². The molecule has 0 spiro atoms. The van der Waals surface area contributed by atoms with Crippen LogP contribution < -0.4 is 19.6 Å². The molecule has 0 fully saturated rings. The molecule has 0 atom stereocenters. The van der Waals surface area contributed by atoms with Crippen molar-refractivity contribution in [2.75, 3.05) is 13.2 Å². The first-order chi connectivity index (χ1) is 17.0. The van der Waals surface area contributed by atoms with Gasteiger partial charge in [-0.2, -0.15) is 5.10 Å². The van der Waals surface area contributed by atoms with Gasteiger partial charge in [0.25, 0.3) is 5.91 Å². The highest BCUT2D eigenvalue weighted by Gasteiger charge is 2.13. The normalized spacial score (nSPS) is 10.7. The van der Waals surface area contributed by atoms with E-state index < -0.39 is 5.97 Å². The summed E-state index contributed by atoms with van der Waals surface area (Å²) in [6.07, 6.45) is 3.52. The number of carbonyl (C=O) groups is 2. The molecule has 0 aliphatic heterocycles. The standard InChI is InChI=1S/C27H27ClN2O5/c1-3-5-16-34-23-13-9-20(10-14-23)26(31)30-29-18-19-6-15-24(25(17-19)33-4-2)35-27(32)21-7-11-22(28)12-8-21/h6-15,17-18H,3-5,16H2,1-2H3,(H,30,31).